The Morgan fingerprint density at radius 2 is 1.44 bits per heavy atom. The van der Waals surface area contributed by atoms with E-state index in [2.05, 4.69) is 19.7 Å². The van der Waals surface area contributed by atoms with Gasteiger partial charge < -0.3 is 0 Å². The Labute approximate surface area is 96.9 Å². The van der Waals surface area contributed by atoms with Crippen molar-refractivity contribution < 1.29 is 4.79 Å². The summed E-state index contributed by atoms with van der Waals surface area (Å²) >= 11 is 0. The number of Topliss-reactive ketones (excluding diaryl/α,β-unsaturated/α-hetero) is 1. The third kappa shape index (κ3) is 1.89. The maximum absolute atomic E-state index is 12.0. The molecule has 0 aromatic carbocycles. The highest BCUT2D eigenvalue weighted by Gasteiger charge is 2.25. The number of allylic oxidation sites excluding steroid dienone is 9. The van der Waals surface area contributed by atoms with E-state index in [9.17, 15) is 4.79 Å². The van der Waals surface area contributed by atoms with Gasteiger partial charge in [0.15, 0.2) is 5.78 Å². The lowest BCUT2D eigenvalue weighted by Gasteiger charge is -1.98. The first-order valence-corrected chi connectivity index (χ1v) is 5.28. The van der Waals surface area contributed by atoms with E-state index in [-0.39, 0.29) is 5.78 Å². The van der Waals surface area contributed by atoms with Crippen LogP contribution in [0.4, 0.5) is 0 Å². The first-order chi connectivity index (χ1) is 7.71. The number of ketones is 1. The van der Waals surface area contributed by atoms with Crippen LogP contribution in [0.3, 0.4) is 0 Å². The van der Waals surface area contributed by atoms with Gasteiger partial charge >= 0.3 is 0 Å². The highest BCUT2D eigenvalue weighted by molar-refractivity contribution is 6.17. The summed E-state index contributed by atoms with van der Waals surface area (Å²) in [7, 11) is 0. The standard InChI is InChI=1S/C15H16O/c1-5-9-10-14-12(7-3)11(6-2)13(8-4)15(14)16/h6-10H,2-5H2,1H3/b10-9-. The second-order valence-corrected chi connectivity index (χ2v) is 3.41. The molecule has 0 saturated heterocycles. The van der Waals surface area contributed by atoms with Gasteiger partial charge in [0.05, 0.1) is 0 Å². The summed E-state index contributed by atoms with van der Waals surface area (Å²) in [5.74, 6) is 0.00417. The molecular formula is C15H16O. The lowest BCUT2D eigenvalue weighted by atomic mass is 10.1. The van der Waals surface area contributed by atoms with Crippen molar-refractivity contribution in [1.82, 2.24) is 0 Å². The second-order valence-electron chi connectivity index (χ2n) is 3.41. The monoisotopic (exact) mass is 212 g/mol. The van der Waals surface area contributed by atoms with Crippen LogP contribution in [0.2, 0.25) is 0 Å². The van der Waals surface area contributed by atoms with Crippen LogP contribution in [0.1, 0.15) is 13.3 Å². The van der Waals surface area contributed by atoms with E-state index in [0.717, 1.165) is 17.6 Å². The Kier molecular flexibility index (Phi) is 4.01. The summed E-state index contributed by atoms with van der Waals surface area (Å²) in [5, 5.41) is 0. The normalized spacial score (nSPS) is 16.2. The van der Waals surface area contributed by atoms with Gasteiger partial charge in [-0.3, -0.25) is 4.79 Å². The average molecular weight is 212 g/mol. The van der Waals surface area contributed by atoms with E-state index in [0.29, 0.717) is 11.1 Å². The Morgan fingerprint density at radius 3 is 1.88 bits per heavy atom. The van der Waals surface area contributed by atoms with Gasteiger partial charge in [-0.25, -0.2) is 0 Å². The number of carbonyl (C=O) groups is 1. The van der Waals surface area contributed by atoms with E-state index in [1.54, 1.807) is 18.2 Å². The van der Waals surface area contributed by atoms with Crippen LogP contribution in [-0.2, 0) is 4.79 Å². The molecule has 16 heavy (non-hydrogen) atoms. The van der Waals surface area contributed by atoms with Crippen LogP contribution < -0.4 is 0 Å². The molecule has 0 saturated carbocycles. The summed E-state index contributed by atoms with van der Waals surface area (Å²) in [4.78, 5) is 12.0. The van der Waals surface area contributed by atoms with E-state index in [1.165, 1.54) is 0 Å². The van der Waals surface area contributed by atoms with E-state index < -0.39 is 0 Å². The third-order valence-electron chi connectivity index (χ3n) is 2.49. The predicted octanol–water partition coefficient (Wildman–Crippen LogP) is 3.69. The molecule has 0 spiro atoms. The first kappa shape index (κ1) is 12.2. The molecule has 1 heteroatoms. The molecule has 0 aliphatic heterocycles. The van der Waals surface area contributed by atoms with Gasteiger partial charge in [0.2, 0.25) is 0 Å². The van der Waals surface area contributed by atoms with Crippen molar-refractivity contribution >= 4 is 5.78 Å². The largest absolute Gasteiger partial charge is 0.289 e. The van der Waals surface area contributed by atoms with E-state index in [4.69, 9.17) is 0 Å². The lowest BCUT2D eigenvalue weighted by molar-refractivity contribution is -0.111. The van der Waals surface area contributed by atoms with Crippen LogP contribution in [0.5, 0.6) is 0 Å². The van der Waals surface area contributed by atoms with Gasteiger partial charge in [0.25, 0.3) is 0 Å². The molecule has 0 atom stereocenters. The summed E-state index contributed by atoms with van der Waals surface area (Å²) in [5.41, 5.74) is 2.97. The van der Waals surface area contributed by atoms with Crippen molar-refractivity contribution in [2.75, 3.05) is 0 Å². The minimum atomic E-state index is 0.00417. The van der Waals surface area contributed by atoms with Crippen molar-refractivity contribution in [2.24, 2.45) is 0 Å². The smallest absolute Gasteiger partial charge is 0.194 e. The number of carbonyl (C=O) groups excluding carboxylic acids is 1. The van der Waals surface area contributed by atoms with Crippen LogP contribution in [0, 0.1) is 0 Å². The van der Waals surface area contributed by atoms with E-state index in [1.807, 2.05) is 19.1 Å². The van der Waals surface area contributed by atoms with Crippen molar-refractivity contribution in [1.29, 1.82) is 0 Å². The van der Waals surface area contributed by atoms with E-state index >= 15 is 0 Å². The van der Waals surface area contributed by atoms with Gasteiger partial charge in [-0.05, 0) is 17.6 Å². The molecule has 1 aliphatic rings. The van der Waals surface area contributed by atoms with Crippen molar-refractivity contribution in [2.45, 2.75) is 13.3 Å². The molecule has 0 aromatic rings. The molecule has 0 fully saturated rings. The average Bonchev–Trinajstić information content (AvgIpc) is 2.57. The lowest BCUT2D eigenvalue weighted by Crippen LogP contribution is -1.98. The number of rotatable bonds is 5. The third-order valence-corrected chi connectivity index (χ3v) is 2.49. The van der Waals surface area contributed by atoms with Gasteiger partial charge in [0, 0.05) is 11.1 Å². The molecular weight excluding hydrogens is 196 g/mol. The molecule has 1 rings (SSSR count). The maximum atomic E-state index is 12.0. The van der Waals surface area contributed by atoms with Crippen LogP contribution in [0.25, 0.3) is 0 Å². The maximum Gasteiger partial charge on any atom is 0.194 e. The Hall–Kier alpha value is -1.89. The number of hydrogen-bond donors (Lipinski definition) is 0. The van der Waals surface area contributed by atoms with Crippen LogP contribution in [0.15, 0.2) is 72.4 Å². The van der Waals surface area contributed by atoms with Gasteiger partial charge in [-0.15, -0.1) is 0 Å². The fourth-order valence-corrected chi connectivity index (χ4v) is 1.72. The zero-order valence-corrected chi connectivity index (χ0v) is 9.62. The molecule has 1 aliphatic carbocycles. The molecule has 0 amide bonds. The highest BCUT2D eigenvalue weighted by Crippen LogP contribution is 2.32. The minimum absolute atomic E-state index is 0.00417. The number of hydrogen-bond acceptors (Lipinski definition) is 1. The van der Waals surface area contributed by atoms with Gasteiger partial charge in [-0.2, -0.15) is 0 Å². The summed E-state index contributed by atoms with van der Waals surface area (Å²) < 4.78 is 0. The topological polar surface area (TPSA) is 17.1 Å². The molecule has 0 N–H and O–H groups in total. The molecule has 0 bridgehead atoms. The molecule has 0 radical (unpaired) electrons. The zero-order valence-electron chi connectivity index (χ0n) is 9.62. The quantitative estimate of drug-likeness (QED) is 0.679. The SMILES string of the molecule is C=CC1=C(C=C)C(C=C)=C(/C=C\CC)C1=O. The van der Waals surface area contributed by atoms with Gasteiger partial charge in [-0.1, -0.05) is 57.0 Å². The van der Waals surface area contributed by atoms with Crippen LogP contribution >= 0.6 is 0 Å². The second kappa shape index (κ2) is 5.26. The fourth-order valence-electron chi connectivity index (χ4n) is 1.72. The summed E-state index contributed by atoms with van der Waals surface area (Å²) in [6.07, 6.45) is 9.66. The Balaban J connectivity index is 3.35. The molecule has 0 heterocycles. The summed E-state index contributed by atoms with van der Waals surface area (Å²) in [6.45, 7) is 13.2. The minimum Gasteiger partial charge on any atom is -0.289 e. The van der Waals surface area contributed by atoms with Crippen LogP contribution in [-0.4, -0.2) is 5.78 Å². The van der Waals surface area contributed by atoms with Crippen molar-refractivity contribution in [3.05, 3.63) is 72.4 Å². The molecule has 0 unspecified atom stereocenters. The summed E-state index contributed by atoms with van der Waals surface area (Å²) in [6, 6.07) is 0. The Morgan fingerprint density at radius 1 is 0.938 bits per heavy atom. The molecule has 1 nitrogen and oxygen atoms in total. The first-order valence-electron chi connectivity index (χ1n) is 5.28. The predicted molar refractivity (Wildman–Crippen MR) is 69.1 cm³/mol. The molecule has 82 valence electrons. The fraction of sp³-hybridized carbons (Fsp3) is 0.133. The Bertz CT molecular complexity index is 442. The zero-order chi connectivity index (χ0) is 12.1. The highest BCUT2D eigenvalue weighted by atomic mass is 16.1. The van der Waals surface area contributed by atoms with Gasteiger partial charge in [0.1, 0.15) is 0 Å². The molecule has 0 aromatic heterocycles. The van der Waals surface area contributed by atoms with Crippen molar-refractivity contribution in [3.63, 3.8) is 0 Å². The van der Waals surface area contributed by atoms with Crippen molar-refractivity contribution in [3.8, 4) is 0 Å².